The summed E-state index contributed by atoms with van der Waals surface area (Å²) in [5, 5.41) is 5.98. The van der Waals surface area contributed by atoms with E-state index in [0.717, 1.165) is 29.4 Å². The molecule has 32 heavy (non-hydrogen) atoms. The largest absolute Gasteiger partial charge is 0.352 e. The zero-order chi connectivity index (χ0) is 22.5. The van der Waals surface area contributed by atoms with Crippen LogP contribution in [0.3, 0.4) is 0 Å². The fourth-order valence-corrected chi connectivity index (χ4v) is 4.18. The lowest BCUT2D eigenvalue weighted by molar-refractivity contribution is 0.234. The first-order valence-corrected chi connectivity index (χ1v) is 11.3. The third-order valence-electron chi connectivity index (χ3n) is 5.81. The highest BCUT2D eigenvalue weighted by Crippen LogP contribution is 2.19. The lowest BCUT2D eigenvalue weighted by Crippen LogP contribution is -2.49. The molecule has 1 fully saturated rings. The maximum absolute atomic E-state index is 13.3. The summed E-state index contributed by atoms with van der Waals surface area (Å²) >= 11 is 0. The standard InChI is InChI=1S/C25H31N5O2/c1-18(2)17-30-22-11-7-6-10-21(22)28-23(24(30)31)29-14-12-20(13-15-29)27-25(32)26-16-19-8-4-3-5-9-19/h3-11,18,20H,12-17H2,1-2H3,(H2,26,27,32). The molecule has 0 saturated carbocycles. The quantitative estimate of drug-likeness (QED) is 0.623. The minimum atomic E-state index is -0.157. The molecule has 0 unspecified atom stereocenters. The number of nitrogens with zero attached hydrogens (tertiary/aromatic N) is 3. The number of para-hydroxylation sites is 2. The first kappa shape index (κ1) is 21.9. The molecule has 2 aromatic carbocycles. The molecule has 2 N–H and O–H groups in total. The van der Waals surface area contributed by atoms with Gasteiger partial charge in [0.2, 0.25) is 0 Å². The van der Waals surface area contributed by atoms with Crippen molar-refractivity contribution < 1.29 is 4.79 Å². The van der Waals surface area contributed by atoms with Crippen LogP contribution in [0, 0.1) is 5.92 Å². The zero-order valence-electron chi connectivity index (χ0n) is 18.8. The summed E-state index contributed by atoms with van der Waals surface area (Å²) in [7, 11) is 0. The number of anilines is 1. The molecule has 7 nitrogen and oxygen atoms in total. The number of urea groups is 1. The van der Waals surface area contributed by atoms with E-state index < -0.39 is 0 Å². The Hall–Kier alpha value is -3.35. The SMILES string of the molecule is CC(C)Cn1c(=O)c(N2CCC(NC(=O)NCc3ccccc3)CC2)nc2ccccc21. The van der Waals surface area contributed by atoms with Gasteiger partial charge in [-0.2, -0.15) is 0 Å². The summed E-state index contributed by atoms with van der Waals surface area (Å²) in [5.41, 5.74) is 2.74. The second-order valence-electron chi connectivity index (χ2n) is 8.81. The van der Waals surface area contributed by atoms with E-state index in [0.29, 0.717) is 37.9 Å². The van der Waals surface area contributed by atoms with Gasteiger partial charge < -0.3 is 20.1 Å². The number of hydrogen-bond acceptors (Lipinski definition) is 4. The molecule has 7 heteroatoms. The van der Waals surface area contributed by atoms with Crippen molar-refractivity contribution in [1.29, 1.82) is 0 Å². The molecular formula is C25H31N5O2. The van der Waals surface area contributed by atoms with Crippen LogP contribution in [0.15, 0.2) is 59.4 Å². The third-order valence-corrected chi connectivity index (χ3v) is 5.81. The van der Waals surface area contributed by atoms with E-state index in [9.17, 15) is 9.59 Å². The van der Waals surface area contributed by atoms with Gasteiger partial charge in [-0.1, -0.05) is 56.3 Å². The Labute approximate surface area is 188 Å². The van der Waals surface area contributed by atoms with E-state index in [1.165, 1.54) is 0 Å². The van der Waals surface area contributed by atoms with Crippen molar-refractivity contribution in [3.63, 3.8) is 0 Å². The van der Waals surface area contributed by atoms with Crippen molar-refractivity contribution >= 4 is 22.9 Å². The Morgan fingerprint density at radius 3 is 2.47 bits per heavy atom. The molecule has 3 aromatic rings. The Bertz CT molecular complexity index is 1120. The minimum Gasteiger partial charge on any atom is -0.352 e. The highest BCUT2D eigenvalue weighted by molar-refractivity contribution is 5.76. The number of fused-ring (bicyclic) bond motifs is 1. The van der Waals surface area contributed by atoms with Crippen LogP contribution >= 0.6 is 0 Å². The van der Waals surface area contributed by atoms with Crippen LogP contribution in [0.4, 0.5) is 10.6 Å². The van der Waals surface area contributed by atoms with Crippen molar-refractivity contribution in [2.45, 2.75) is 45.8 Å². The third kappa shape index (κ3) is 5.10. The van der Waals surface area contributed by atoms with Gasteiger partial charge in [0.25, 0.3) is 5.56 Å². The highest BCUT2D eigenvalue weighted by Gasteiger charge is 2.24. The van der Waals surface area contributed by atoms with Crippen LogP contribution in [-0.2, 0) is 13.1 Å². The van der Waals surface area contributed by atoms with Crippen LogP contribution in [0.1, 0.15) is 32.3 Å². The molecule has 1 aliphatic rings. The molecule has 0 atom stereocenters. The number of benzene rings is 2. The highest BCUT2D eigenvalue weighted by atomic mass is 16.2. The second-order valence-corrected chi connectivity index (χ2v) is 8.81. The molecule has 0 spiro atoms. The summed E-state index contributed by atoms with van der Waals surface area (Å²) in [6.07, 6.45) is 1.55. The van der Waals surface area contributed by atoms with Crippen LogP contribution < -0.4 is 21.1 Å². The number of carbonyl (C=O) groups excluding carboxylic acids is 1. The van der Waals surface area contributed by atoms with Gasteiger partial charge in [0, 0.05) is 32.2 Å². The van der Waals surface area contributed by atoms with Gasteiger partial charge in [-0.25, -0.2) is 9.78 Å². The Morgan fingerprint density at radius 1 is 1.06 bits per heavy atom. The first-order valence-electron chi connectivity index (χ1n) is 11.3. The maximum Gasteiger partial charge on any atom is 0.315 e. The number of hydrogen-bond donors (Lipinski definition) is 2. The predicted molar refractivity (Wildman–Crippen MR) is 128 cm³/mol. The summed E-state index contributed by atoms with van der Waals surface area (Å²) < 4.78 is 1.85. The second kappa shape index (κ2) is 9.85. The lowest BCUT2D eigenvalue weighted by atomic mass is 10.1. The van der Waals surface area contributed by atoms with Crippen LogP contribution in [0.5, 0.6) is 0 Å². The van der Waals surface area contributed by atoms with Crippen LogP contribution in [0.2, 0.25) is 0 Å². The monoisotopic (exact) mass is 433 g/mol. The van der Waals surface area contributed by atoms with E-state index in [2.05, 4.69) is 29.4 Å². The van der Waals surface area contributed by atoms with Gasteiger partial charge in [-0.05, 0) is 36.5 Å². The molecule has 2 amide bonds. The molecule has 168 valence electrons. The van der Waals surface area contributed by atoms with Crippen LogP contribution in [0.25, 0.3) is 11.0 Å². The van der Waals surface area contributed by atoms with E-state index in [1.54, 1.807) is 0 Å². The Kier molecular flexibility index (Phi) is 6.73. The van der Waals surface area contributed by atoms with E-state index in [4.69, 9.17) is 4.98 Å². The summed E-state index contributed by atoms with van der Waals surface area (Å²) in [6, 6.07) is 17.6. The number of aromatic nitrogens is 2. The molecule has 1 aromatic heterocycles. The summed E-state index contributed by atoms with van der Waals surface area (Å²) in [6.45, 7) is 6.76. The fraction of sp³-hybridized carbons (Fsp3) is 0.400. The molecular weight excluding hydrogens is 402 g/mol. The zero-order valence-corrected chi connectivity index (χ0v) is 18.8. The number of amides is 2. The minimum absolute atomic E-state index is 0.0376. The van der Waals surface area contributed by atoms with Crippen LogP contribution in [-0.4, -0.2) is 34.7 Å². The average Bonchev–Trinajstić information content (AvgIpc) is 2.80. The van der Waals surface area contributed by atoms with E-state index in [1.807, 2.05) is 59.2 Å². The summed E-state index contributed by atoms with van der Waals surface area (Å²) in [5.74, 6) is 0.868. The van der Waals surface area contributed by atoms with Crippen molar-refractivity contribution in [1.82, 2.24) is 20.2 Å². The van der Waals surface area contributed by atoms with E-state index >= 15 is 0 Å². The smallest absolute Gasteiger partial charge is 0.315 e. The molecule has 0 radical (unpaired) electrons. The molecule has 1 aliphatic heterocycles. The number of nitrogens with one attached hydrogen (secondary N) is 2. The van der Waals surface area contributed by atoms with Crippen molar-refractivity contribution in [2.24, 2.45) is 5.92 Å². The molecule has 0 bridgehead atoms. The van der Waals surface area contributed by atoms with Crippen molar-refractivity contribution in [3.05, 3.63) is 70.5 Å². The Morgan fingerprint density at radius 2 is 1.75 bits per heavy atom. The van der Waals surface area contributed by atoms with Gasteiger partial charge >= 0.3 is 6.03 Å². The molecule has 0 aliphatic carbocycles. The van der Waals surface area contributed by atoms with Crippen molar-refractivity contribution in [3.8, 4) is 0 Å². The average molecular weight is 434 g/mol. The number of piperidine rings is 1. The van der Waals surface area contributed by atoms with Gasteiger partial charge in [0.05, 0.1) is 11.0 Å². The molecule has 2 heterocycles. The normalized spacial score (nSPS) is 14.7. The molecule has 1 saturated heterocycles. The maximum atomic E-state index is 13.3. The topological polar surface area (TPSA) is 79.3 Å². The van der Waals surface area contributed by atoms with Gasteiger partial charge in [0.15, 0.2) is 5.82 Å². The number of rotatable bonds is 6. The van der Waals surface area contributed by atoms with Gasteiger partial charge in [-0.3, -0.25) is 4.79 Å². The Balaban J connectivity index is 1.40. The van der Waals surface area contributed by atoms with Crippen molar-refractivity contribution in [2.75, 3.05) is 18.0 Å². The lowest BCUT2D eigenvalue weighted by Gasteiger charge is -2.33. The number of carbonyl (C=O) groups is 1. The predicted octanol–water partition coefficient (Wildman–Crippen LogP) is 3.52. The fourth-order valence-electron chi connectivity index (χ4n) is 4.18. The summed E-state index contributed by atoms with van der Waals surface area (Å²) in [4.78, 5) is 32.3. The molecule has 4 rings (SSSR count). The van der Waals surface area contributed by atoms with Gasteiger partial charge in [-0.15, -0.1) is 0 Å². The van der Waals surface area contributed by atoms with E-state index in [-0.39, 0.29) is 17.6 Å². The van der Waals surface area contributed by atoms with Gasteiger partial charge in [0.1, 0.15) is 0 Å². The first-order chi connectivity index (χ1) is 15.5.